The first kappa shape index (κ1) is 40.5. The third-order valence-corrected chi connectivity index (χ3v) is 10.6. The minimum absolute atomic E-state index is 0.206. The number of H-pyrrole nitrogens is 2. The fourth-order valence-corrected chi connectivity index (χ4v) is 7.52. The summed E-state index contributed by atoms with van der Waals surface area (Å²) in [6.45, 7) is 8.47. The van der Waals surface area contributed by atoms with Crippen LogP contribution < -0.4 is 26.8 Å². The van der Waals surface area contributed by atoms with Gasteiger partial charge in [0, 0.05) is 49.3 Å². The molecule has 1 aliphatic heterocycles. The van der Waals surface area contributed by atoms with E-state index in [1.807, 2.05) is 64.1 Å². The normalized spacial score (nSPS) is 18.7. The van der Waals surface area contributed by atoms with E-state index in [-0.39, 0.29) is 48.2 Å². The molecule has 1 saturated carbocycles. The number of aromatic nitrogens is 2. The third-order valence-electron chi connectivity index (χ3n) is 10.6. The highest BCUT2D eigenvalue weighted by molar-refractivity contribution is 5.99. The first-order chi connectivity index (χ1) is 27.1. The summed E-state index contributed by atoms with van der Waals surface area (Å²) in [7, 11) is 0. The number of amides is 5. The lowest BCUT2D eigenvalue weighted by molar-refractivity contribution is -0.130. The van der Waals surface area contributed by atoms with E-state index in [0.29, 0.717) is 54.5 Å². The van der Waals surface area contributed by atoms with Crippen molar-refractivity contribution in [3.05, 3.63) is 87.7 Å². The number of carboxylic acid groups (broad SMARTS) is 1. The van der Waals surface area contributed by atoms with Crippen LogP contribution >= 0.6 is 0 Å². The number of fused-ring (bicyclic) bond motifs is 1. The summed E-state index contributed by atoms with van der Waals surface area (Å²) in [6, 6.07) is 16.9. The summed E-state index contributed by atoms with van der Waals surface area (Å²) in [4.78, 5) is 77.2. The number of alkyl carbamates (subject to hydrolysis) is 1. The van der Waals surface area contributed by atoms with Gasteiger partial charge >= 0.3 is 12.2 Å². The molecule has 2 fully saturated rings. The monoisotopic (exact) mass is 781 g/mol. The minimum Gasteiger partial charge on any atom is -0.465 e. The summed E-state index contributed by atoms with van der Waals surface area (Å²) >= 11 is 0. The Bertz CT molecular complexity index is 2180. The Hall–Kier alpha value is -6.12. The second-order valence-electron chi connectivity index (χ2n) is 16.1. The summed E-state index contributed by atoms with van der Waals surface area (Å²) in [5.74, 6) is -0.934. The van der Waals surface area contributed by atoms with Gasteiger partial charge in [-0.2, -0.15) is 0 Å². The number of ether oxygens (including phenoxy) is 1. The molecular formula is C42H51N7O8. The second kappa shape index (κ2) is 17.3. The molecule has 57 heavy (non-hydrogen) atoms. The van der Waals surface area contributed by atoms with Crippen LogP contribution in [-0.4, -0.2) is 87.4 Å². The molecule has 7 N–H and O–H groups in total. The first-order valence-electron chi connectivity index (χ1n) is 19.4. The van der Waals surface area contributed by atoms with Gasteiger partial charge < -0.3 is 36.0 Å². The zero-order chi connectivity index (χ0) is 40.9. The number of nitrogens with zero attached hydrogens (tertiary/aromatic N) is 1. The molecule has 0 bridgehead atoms. The lowest BCUT2D eigenvalue weighted by Crippen LogP contribution is -2.48. The summed E-state index contributed by atoms with van der Waals surface area (Å²) in [5.41, 5.74) is 4.18. The Kier molecular flexibility index (Phi) is 12.3. The van der Waals surface area contributed by atoms with Gasteiger partial charge in [0.05, 0.1) is 10.9 Å². The van der Waals surface area contributed by atoms with Gasteiger partial charge in [0.25, 0.3) is 11.5 Å². The maximum atomic E-state index is 13.8. The Balaban J connectivity index is 1.10. The van der Waals surface area contributed by atoms with Crippen molar-refractivity contribution in [2.24, 2.45) is 11.8 Å². The van der Waals surface area contributed by atoms with E-state index in [9.17, 15) is 33.9 Å². The van der Waals surface area contributed by atoms with Crippen LogP contribution in [0.3, 0.4) is 0 Å². The smallest absolute Gasteiger partial charge is 0.407 e. The zero-order valence-electron chi connectivity index (χ0n) is 32.7. The summed E-state index contributed by atoms with van der Waals surface area (Å²) in [6.07, 6.45) is 2.07. The fourth-order valence-electron chi connectivity index (χ4n) is 7.52. The molecule has 2 aliphatic rings. The molecule has 2 heterocycles. The Morgan fingerprint density at radius 3 is 2.33 bits per heavy atom. The second-order valence-corrected chi connectivity index (χ2v) is 16.1. The largest absolute Gasteiger partial charge is 0.465 e. The van der Waals surface area contributed by atoms with Crippen molar-refractivity contribution in [3.63, 3.8) is 0 Å². The number of aryl methyl sites for hydroxylation is 1. The number of hydrogen-bond acceptors (Lipinski definition) is 7. The highest BCUT2D eigenvalue weighted by Crippen LogP contribution is 2.30. The van der Waals surface area contributed by atoms with Gasteiger partial charge in [0.15, 0.2) is 0 Å². The number of aromatic amines is 2. The van der Waals surface area contributed by atoms with Crippen LogP contribution in [0, 0.1) is 18.8 Å². The number of likely N-dealkylation sites (tertiary alicyclic amines) is 1. The van der Waals surface area contributed by atoms with E-state index in [1.165, 1.54) is 4.90 Å². The highest BCUT2D eigenvalue weighted by Gasteiger charge is 2.31. The lowest BCUT2D eigenvalue weighted by Gasteiger charge is -2.29. The van der Waals surface area contributed by atoms with Crippen LogP contribution in [-0.2, 0) is 20.7 Å². The number of hydrogen-bond donors (Lipinski definition) is 7. The molecule has 4 aromatic rings. The zero-order valence-corrected chi connectivity index (χ0v) is 32.7. The maximum absolute atomic E-state index is 13.8. The Labute approximate surface area is 330 Å². The number of carbonyl (C=O) groups excluding carboxylic acids is 4. The van der Waals surface area contributed by atoms with Gasteiger partial charge in [-0.05, 0) is 118 Å². The molecule has 302 valence electrons. The first-order valence-corrected chi connectivity index (χ1v) is 19.4. The third kappa shape index (κ3) is 10.6. The Morgan fingerprint density at radius 2 is 1.67 bits per heavy atom. The van der Waals surface area contributed by atoms with Crippen molar-refractivity contribution in [3.8, 4) is 11.1 Å². The van der Waals surface area contributed by atoms with E-state index < -0.39 is 29.7 Å². The van der Waals surface area contributed by atoms with Crippen molar-refractivity contribution in [2.75, 3.05) is 25.0 Å². The molecule has 3 aromatic carbocycles. The molecule has 0 unspecified atom stereocenters. The van der Waals surface area contributed by atoms with Crippen LogP contribution in [0.2, 0.25) is 0 Å². The molecule has 6 rings (SSSR count). The standard InChI is InChI=1S/C42H51N7O8/c1-24-19-29(37(51)45-31-17-18-49(23-31)41(55)56)13-15-32(24)27-9-5-25(6-10-27)20-35(39(53)44-30-14-16-33-34(21-30)47-48-38(33)52)46-36(50)28-11-7-26(8-12-28)22-43-40(54)57-42(2,3)4/h5-6,9-10,13-16,19,21,26,28,31,35H,7-8,11-12,17-18,20,22-23H2,1-4H3,(H,43,54)(H,44,53)(H,45,51)(H,46,50)(H,55,56)(H2,47,48,52)/t26?,28?,31-,35-/m0/s1. The fraction of sp³-hybridized carbons (Fsp3) is 0.429. The van der Waals surface area contributed by atoms with Crippen LogP contribution in [0.1, 0.15) is 74.4 Å². The van der Waals surface area contributed by atoms with Gasteiger partial charge in [-0.1, -0.05) is 30.3 Å². The van der Waals surface area contributed by atoms with Crippen LogP contribution in [0.4, 0.5) is 15.3 Å². The van der Waals surface area contributed by atoms with Crippen molar-refractivity contribution in [2.45, 2.75) is 83.9 Å². The van der Waals surface area contributed by atoms with Crippen molar-refractivity contribution in [1.82, 2.24) is 31.0 Å². The topological polar surface area (TPSA) is 215 Å². The van der Waals surface area contributed by atoms with Crippen molar-refractivity contribution < 1.29 is 33.8 Å². The molecule has 15 nitrogen and oxygen atoms in total. The van der Waals surface area contributed by atoms with E-state index in [1.54, 1.807) is 24.3 Å². The van der Waals surface area contributed by atoms with E-state index >= 15 is 0 Å². The maximum Gasteiger partial charge on any atom is 0.407 e. The quantitative estimate of drug-likeness (QED) is 0.106. The predicted molar refractivity (Wildman–Crippen MR) is 215 cm³/mol. The lowest BCUT2D eigenvalue weighted by atomic mass is 9.81. The van der Waals surface area contributed by atoms with Crippen LogP contribution in [0.25, 0.3) is 22.0 Å². The van der Waals surface area contributed by atoms with Gasteiger partial charge in [-0.25, -0.2) is 9.59 Å². The van der Waals surface area contributed by atoms with Crippen LogP contribution in [0.15, 0.2) is 65.5 Å². The predicted octanol–water partition coefficient (Wildman–Crippen LogP) is 5.31. The molecular weight excluding hydrogens is 731 g/mol. The number of nitrogens with one attached hydrogen (secondary N) is 6. The molecule has 2 atom stereocenters. The molecule has 5 amide bonds. The SMILES string of the molecule is Cc1cc(C(=O)N[C@H]2CCN(C(=O)O)C2)ccc1-c1ccc(C[C@H](NC(=O)C2CCC(CNC(=O)OC(C)(C)C)CC2)C(=O)Nc2ccc3c(=O)[nH][nH]c3c2)cc1. The number of rotatable bonds is 11. The van der Waals surface area contributed by atoms with Crippen molar-refractivity contribution in [1.29, 1.82) is 0 Å². The van der Waals surface area contributed by atoms with Crippen molar-refractivity contribution >= 4 is 46.5 Å². The van der Waals surface area contributed by atoms with E-state index in [4.69, 9.17) is 4.74 Å². The van der Waals surface area contributed by atoms with E-state index in [0.717, 1.165) is 35.1 Å². The molecule has 1 aromatic heterocycles. The van der Waals surface area contributed by atoms with Gasteiger partial charge in [0.1, 0.15) is 11.6 Å². The molecule has 1 saturated heterocycles. The van der Waals surface area contributed by atoms with E-state index in [2.05, 4.69) is 31.5 Å². The van der Waals surface area contributed by atoms with Gasteiger partial charge in [-0.3, -0.25) is 29.4 Å². The molecule has 1 aliphatic carbocycles. The summed E-state index contributed by atoms with van der Waals surface area (Å²) < 4.78 is 5.34. The average molecular weight is 782 g/mol. The highest BCUT2D eigenvalue weighted by atomic mass is 16.6. The number of carbonyl (C=O) groups is 5. The molecule has 0 spiro atoms. The molecule has 15 heteroatoms. The molecule has 0 radical (unpaired) electrons. The number of benzene rings is 3. The van der Waals surface area contributed by atoms with Gasteiger partial charge in [0.2, 0.25) is 11.8 Å². The Morgan fingerprint density at radius 1 is 0.930 bits per heavy atom. The minimum atomic E-state index is -0.993. The number of anilines is 1. The average Bonchev–Trinajstić information content (AvgIpc) is 3.79. The summed E-state index contributed by atoms with van der Waals surface area (Å²) in [5, 5.41) is 26.7. The van der Waals surface area contributed by atoms with Gasteiger partial charge in [-0.15, -0.1) is 0 Å². The van der Waals surface area contributed by atoms with Crippen LogP contribution in [0.5, 0.6) is 0 Å².